The Morgan fingerprint density at radius 1 is 1.12 bits per heavy atom. The van der Waals surface area contributed by atoms with Gasteiger partial charge in [-0.3, -0.25) is 19.4 Å². The van der Waals surface area contributed by atoms with E-state index in [0.29, 0.717) is 27.7 Å². The van der Waals surface area contributed by atoms with Gasteiger partial charge < -0.3 is 15.4 Å². The second kappa shape index (κ2) is 11.0. The third-order valence-electron chi connectivity index (χ3n) is 4.42. The highest BCUT2D eigenvalue weighted by atomic mass is 35.5. The number of amides is 2. The monoisotopic (exact) mass is 487 g/mol. The third-order valence-corrected chi connectivity index (χ3v) is 5.52. The van der Waals surface area contributed by atoms with Gasteiger partial charge in [-0.15, -0.1) is 10.2 Å². The average molecular weight is 488 g/mol. The lowest BCUT2D eigenvalue weighted by Gasteiger charge is -2.12. The van der Waals surface area contributed by atoms with E-state index in [1.165, 1.54) is 7.11 Å². The molecule has 9 nitrogen and oxygen atoms in total. The molecule has 3 aromatic rings. The summed E-state index contributed by atoms with van der Waals surface area (Å²) >= 11 is 6.99. The highest BCUT2D eigenvalue weighted by Crippen LogP contribution is 2.28. The lowest BCUT2D eigenvalue weighted by Crippen LogP contribution is -2.20. The van der Waals surface area contributed by atoms with E-state index in [4.69, 9.17) is 16.3 Å². The van der Waals surface area contributed by atoms with Crippen LogP contribution in [0.2, 0.25) is 5.02 Å². The van der Waals surface area contributed by atoms with Crippen LogP contribution >= 0.6 is 23.4 Å². The Morgan fingerprint density at radius 2 is 1.88 bits per heavy atom. The molecule has 0 aliphatic heterocycles. The van der Waals surface area contributed by atoms with Crippen molar-refractivity contribution < 1.29 is 14.3 Å². The van der Waals surface area contributed by atoms with Crippen LogP contribution in [0.25, 0.3) is 11.3 Å². The van der Waals surface area contributed by atoms with Gasteiger partial charge in [0.1, 0.15) is 5.75 Å². The van der Waals surface area contributed by atoms with Crippen LogP contribution in [-0.4, -0.2) is 39.9 Å². The van der Waals surface area contributed by atoms with Crippen LogP contribution in [0.4, 0.5) is 11.4 Å². The highest BCUT2D eigenvalue weighted by molar-refractivity contribution is 7.99. The summed E-state index contributed by atoms with van der Waals surface area (Å²) in [4.78, 5) is 39.7. The van der Waals surface area contributed by atoms with Crippen molar-refractivity contribution in [1.29, 1.82) is 0 Å². The fraction of sp³-hybridized carbons (Fsp3) is 0.227. The Hall–Kier alpha value is -3.37. The number of aromatic amines is 1. The first kappa shape index (κ1) is 24.3. The smallest absolute Gasteiger partial charge is 0.278 e. The van der Waals surface area contributed by atoms with Gasteiger partial charge in [-0.05, 0) is 24.3 Å². The average Bonchev–Trinajstić information content (AvgIpc) is 2.78. The number of hydrogen-bond acceptors (Lipinski definition) is 7. The number of anilines is 2. The van der Waals surface area contributed by atoms with Crippen LogP contribution in [-0.2, 0) is 9.59 Å². The van der Waals surface area contributed by atoms with Crippen molar-refractivity contribution in [2.24, 2.45) is 5.92 Å². The van der Waals surface area contributed by atoms with Crippen LogP contribution < -0.4 is 20.9 Å². The second-order valence-electron chi connectivity index (χ2n) is 7.18. The van der Waals surface area contributed by atoms with Crippen molar-refractivity contribution in [3.63, 3.8) is 0 Å². The molecule has 33 heavy (non-hydrogen) atoms. The van der Waals surface area contributed by atoms with E-state index in [2.05, 4.69) is 25.8 Å². The maximum atomic E-state index is 12.7. The fourth-order valence-electron chi connectivity index (χ4n) is 2.74. The Morgan fingerprint density at radius 3 is 2.58 bits per heavy atom. The summed E-state index contributed by atoms with van der Waals surface area (Å²) in [7, 11) is 1.49. The summed E-state index contributed by atoms with van der Waals surface area (Å²) in [6, 6.07) is 11.7. The number of carbonyl (C=O) groups is 2. The molecular formula is C22H22ClN5O4S. The van der Waals surface area contributed by atoms with Crippen molar-refractivity contribution in [3.05, 3.63) is 57.8 Å². The molecule has 1 heterocycles. The molecule has 0 unspecified atom stereocenters. The number of benzene rings is 2. The zero-order valence-corrected chi connectivity index (χ0v) is 19.7. The van der Waals surface area contributed by atoms with Gasteiger partial charge in [0, 0.05) is 16.5 Å². The normalized spacial score (nSPS) is 10.7. The number of thioether (sulfide) groups is 1. The topological polar surface area (TPSA) is 126 Å². The van der Waals surface area contributed by atoms with Gasteiger partial charge in [0.2, 0.25) is 11.8 Å². The molecule has 0 saturated heterocycles. The Labute approximate surface area is 199 Å². The van der Waals surface area contributed by atoms with Gasteiger partial charge in [-0.25, -0.2) is 0 Å². The number of halogens is 1. The van der Waals surface area contributed by atoms with Crippen molar-refractivity contribution in [1.82, 2.24) is 15.2 Å². The molecule has 2 aromatic carbocycles. The molecule has 0 radical (unpaired) electrons. The first-order chi connectivity index (χ1) is 15.8. The van der Waals surface area contributed by atoms with Crippen LogP contribution in [0.1, 0.15) is 13.8 Å². The maximum absolute atomic E-state index is 12.7. The lowest BCUT2D eigenvalue weighted by molar-refractivity contribution is -0.119. The van der Waals surface area contributed by atoms with Crippen LogP contribution in [0.5, 0.6) is 5.75 Å². The predicted molar refractivity (Wildman–Crippen MR) is 129 cm³/mol. The minimum Gasteiger partial charge on any atom is -0.495 e. The van der Waals surface area contributed by atoms with E-state index < -0.39 is 5.56 Å². The van der Waals surface area contributed by atoms with E-state index >= 15 is 0 Å². The Bertz CT molecular complexity index is 1230. The molecular weight excluding hydrogens is 466 g/mol. The number of ether oxygens (including phenoxy) is 1. The molecule has 0 fully saturated rings. The van der Waals surface area contributed by atoms with Gasteiger partial charge in [0.25, 0.3) is 5.56 Å². The third kappa shape index (κ3) is 6.33. The van der Waals surface area contributed by atoms with Crippen molar-refractivity contribution in [3.8, 4) is 17.0 Å². The quantitative estimate of drug-likeness (QED) is 0.412. The largest absolute Gasteiger partial charge is 0.495 e. The van der Waals surface area contributed by atoms with Crippen molar-refractivity contribution in [2.45, 2.75) is 19.0 Å². The summed E-state index contributed by atoms with van der Waals surface area (Å²) in [6.45, 7) is 3.55. The molecule has 3 rings (SSSR count). The van der Waals surface area contributed by atoms with Gasteiger partial charge in [-0.1, -0.05) is 55.4 Å². The van der Waals surface area contributed by atoms with Crippen LogP contribution in [0.15, 0.2) is 52.4 Å². The summed E-state index contributed by atoms with van der Waals surface area (Å²) in [5.74, 6) is -0.297. The maximum Gasteiger partial charge on any atom is 0.278 e. The van der Waals surface area contributed by atoms with Gasteiger partial charge in [0.15, 0.2) is 10.9 Å². The fourth-order valence-corrected chi connectivity index (χ4v) is 3.51. The minimum absolute atomic E-state index is 0.0271. The molecule has 0 saturated carbocycles. The number of aromatic nitrogens is 3. The minimum atomic E-state index is -0.490. The van der Waals surface area contributed by atoms with Crippen LogP contribution in [0, 0.1) is 5.92 Å². The SMILES string of the molecule is COc1ccc(Cl)cc1NC(=O)CSc1nnc(-c2ccccc2NC(=O)C(C)C)c(=O)[nH]1. The number of para-hydroxylation sites is 1. The van der Waals surface area contributed by atoms with Gasteiger partial charge in [0.05, 0.1) is 24.2 Å². The Balaban J connectivity index is 1.71. The first-order valence-electron chi connectivity index (χ1n) is 9.92. The van der Waals surface area contributed by atoms with E-state index in [-0.39, 0.29) is 34.3 Å². The molecule has 0 atom stereocenters. The standard InChI is InChI=1S/C22H22ClN5O4S/c1-12(2)20(30)25-15-7-5-4-6-14(15)19-21(31)26-22(28-27-19)33-11-18(29)24-16-10-13(23)8-9-17(16)32-3/h4-10,12H,11H2,1-3H3,(H,24,29)(H,25,30)(H,26,28,31). The summed E-state index contributed by atoms with van der Waals surface area (Å²) in [6.07, 6.45) is 0. The zero-order valence-electron chi connectivity index (χ0n) is 18.1. The molecule has 172 valence electrons. The lowest BCUT2D eigenvalue weighted by atomic mass is 10.1. The van der Waals surface area contributed by atoms with E-state index in [9.17, 15) is 14.4 Å². The molecule has 3 N–H and O–H groups in total. The van der Waals surface area contributed by atoms with E-state index in [1.807, 2.05) is 0 Å². The van der Waals surface area contributed by atoms with E-state index in [0.717, 1.165) is 11.8 Å². The number of H-pyrrole nitrogens is 1. The van der Waals surface area contributed by atoms with Crippen LogP contribution in [0.3, 0.4) is 0 Å². The molecule has 11 heteroatoms. The molecule has 2 amide bonds. The highest BCUT2D eigenvalue weighted by Gasteiger charge is 2.16. The molecule has 0 bridgehead atoms. The van der Waals surface area contributed by atoms with E-state index in [1.54, 1.807) is 56.3 Å². The first-order valence-corrected chi connectivity index (χ1v) is 11.3. The molecule has 1 aromatic heterocycles. The molecule has 0 spiro atoms. The number of nitrogens with zero attached hydrogens (tertiary/aromatic N) is 2. The van der Waals surface area contributed by atoms with Gasteiger partial charge in [-0.2, -0.15) is 0 Å². The number of methoxy groups -OCH3 is 1. The number of hydrogen-bond donors (Lipinski definition) is 3. The summed E-state index contributed by atoms with van der Waals surface area (Å²) in [5, 5.41) is 14.2. The molecule has 0 aliphatic rings. The Kier molecular flexibility index (Phi) is 8.07. The number of nitrogens with one attached hydrogen (secondary N) is 3. The summed E-state index contributed by atoms with van der Waals surface area (Å²) in [5.41, 5.74) is 0.919. The number of rotatable bonds is 8. The van der Waals surface area contributed by atoms with Gasteiger partial charge >= 0.3 is 0 Å². The number of carbonyl (C=O) groups excluding carboxylic acids is 2. The van der Waals surface area contributed by atoms with Crippen molar-refractivity contribution in [2.75, 3.05) is 23.5 Å². The zero-order chi connectivity index (χ0) is 24.0. The van der Waals surface area contributed by atoms with Crippen molar-refractivity contribution >= 4 is 46.6 Å². The second-order valence-corrected chi connectivity index (χ2v) is 8.58. The predicted octanol–water partition coefficient (Wildman–Crippen LogP) is 3.82. The summed E-state index contributed by atoms with van der Waals surface area (Å²) < 4.78 is 5.21. The molecule has 0 aliphatic carbocycles.